The van der Waals surface area contributed by atoms with Crippen molar-refractivity contribution in [1.29, 1.82) is 0 Å². The number of ketones is 1. The van der Waals surface area contributed by atoms with Crippen LogP contribution in [0.2, 0.25) is 5.02 Å². The molecule has 1 aliphatic rings. The molecule has 0 spiro atoms. The molecule has 0 aromatic heterocycles. The maximum absolute atomic E-state index is 11.6. The van der Waals surface area contributed by atoms with Crippen molar-refractivity contribution in [2.75, 3.05) is 25.1 Å². The molecule has 1 aromatic carbocycles. The number of ether oxygens (including phenoxy) is 1. The highest BCUT2D eigenvalue weighted by Crippen LogP contribution is 2.33. The molecule has 0 amide bonds. The van der Waals surface area contributed by atoms with Crippen LogP contribution < -0.4 is 10.1 Å². The first-order chi connectivity index (χ1) is 8.22. The SMILES string of the molecule is O=C1CCOc2cc(NCCCO)c(Cl)cc21. The predicted molar refractivity (Wildman–Crippen MR) is 66.1 cm³/mol. The van der Waals surface area contributed by atoms with Gasteiger partial charge < -0.3 is 15.2 Å². The lowest BCUT2D eigenvalue weighted by Crippen LogP contribution is -2.16. The second-order valence-electron chi connectivity index (χ2n) is 3.85. The normalized spacial score (nSPS) is 14.1. The van der Waals surface area contributed by atoms with Crippen LogP contribution in [0.5, 0.6) is 5.75 Å². The van der Waals surface area contributed by atoms with Crippen LogP contribution in [-0.2, 0) is 0 Å². The average Bonchev–Trinajstić information content (AvgIpc) is 2.31. The van der Waals surface area contributed by atoms with Crippen LogP contribution in [0.15, 0.2) is 12.1 Å². The molecule has 92 valence electrons. The number of aliphatic hydroxyl groups is 1. The van der Waals surface area contributed by atoms with Crippen molar-refractivity contribution >= 4 is 23.1 Å². The topological polar surface area (TPSA) is 58.6 Å². The summed E-state index contributed by atoms with van der Waals surface area (Å²) in [5, 5.41) is 12.3. The first kappa shape index (κ1) is 12.2. The molecule has 1 aromatic rings. The van der Waals surface area contributed by atoms with Gasteiger partial charge in [0, 0.05) is 25.6 Å². The zero-order chi connectivity index (χ0) is 12.3. The van der Waals surface area contributed by atoms with E-state index in [9.17, 15) is 4.79 Å². The molecular weight excluding hydrogens is 242 g/mol. The Kier molecular flexibility index (Phi) is 3.86. The molecule has 0 unspecified atom stereocenters. The van der Waals surface area contributed by atoms with E-state index in [1.54, 1.807) is 12.1 Å². The number of fused-ring (bicyclic) bond motifs is 1. The van der Waals surface area contributed by atoms with Crippen molar-refractivity contribution in [1.82, 2.24) is 0 Å². The third-order valence-electron chi connectivity index (χ3n) is 2.61. The van der Waals surface area contributed by atoms with Gasteiger partial charge in [0.05, 0.1) is 22.9 Å². The number of hydrogen-bond donors (Lipinski definition) is 2. The summed E-state index contributed by atoms with van der Waals surface area (Å²) < 4.78 is 5.43. The predicted octanol–water partition coefficient (Wildman–Crippen LogP) is 2.10. The van der Waals surface area contributed by atoms with E-state index in [2.05, 4.69) is 5.32 Å². The number of carbonyl (C=O) groups excluding carboxylic acids is 1. The standard InChI is InChI=1S/C12H14ClNO3/c13-9-6-8-11(16)2-5-17-12(8)7-10(9)14-3-1-4-15/h6-7,14-15H,1-5H2. The van der Waals surface area contributed by atoms with Crippen LogP contribution in [0, 0.1) is 0 Å². The highest BCUT2D eigenvalue weighted by atomic mass is 35.5. The molecular formula is C12H14ClNO3. The molecule has 17 heavy (non-hydrogen) atoms. The molecule has 1 aliphatic heterocycles. The molecule has 0 saturated carbocycles. The van der Waals surface area contributed by atoms with Crippen LogP contribution in [-0.4, -0.2) is 30.6 Å². The number of rotatable bonds is 4. The van der Waals surface area contributed by atoms with E-state index >= 15 is 0 Å². The molecule has 0 saturated heterocycles. The quantitative estimate of drug-likeness (QED) is 0.809. The average molecular weight is 256 g/mol. The minimum Gasteiger partial charge on any atom is -0.492 e. The number of hydrogen-bond acceptors (Lipinski definition) is 4. The third kappa shape index (κ3) is 2.70. The van der Waals surface area contributed by atoms with Gasteiger partial charge in [-0.2, -0.15) is 0 Å². The van der Waals surface area contributed by atoms with Gasteiger partial charge in [0.2, 0.25) is 0 Å². The third-order valence-corrected chi connectivity index (χ3v) is 2.92. The maximum atomic E-state index is 11.6. The number of benzene rings is 1. The van der Waals surface area contributed by atoms with E-state index in [4.69, 9.17) is 21.4 Å². The summed E-state index contributed by atoms with van der Waals surface area (Å²) in [6.45, 7) is 1.18. The van der Waals surface area contributed by atoms with Crippen LogP contribution in [0.1, 0.15) is 23.2 Å². The van der Waals surface area contributed by atoms with E-state index in [-0.39, 0.29) is 12.4 Å². The summed E-state index contributed by atoms with van der Waals surface area (Å²) in [6, 6.07) is 3.38. The molecule has 0 radical (unpaired) electrons. The molecule has 2 rings (SSSR count). The molecule has 2 N–H and O–H groups in total. The molecule has 0 bridgehead atoms. The van der Waals surface area contributed by atoms with Gasteiger partial charge in [-0.05, 0) is 12.5 Å². The largest absolute Gasteiger partial charge is 0.492 e. The number of carbonyl (C=O) groups is 1. The fourth-order valence-electron chi connectivity index (χ4n) is 1.72. The van der Waals surface area contributed by atoms with Gasteiger partial charge in [-0.15, -0.1) is 0 Å². The van der Waals surface area contributed by atoms with Crippen LogP contribution in [0.25, 0.3) is 0 Å². The summed E-state index contributed by atoms with van der Waals surface area (Å²) in [6.07, 6.45) is 1.05. The minimum atomic E-state index is 0.0649. The first-order valence-corrected chi connectivity index (χ1v) is 5.94. The van der Waals surface area contributed by atoms with E-state index in [0.29, 0.717) is 42.3 Å². The number of nitrogens with one attached hydrogen (secondary N) is 1. The molecule has 1 heterocycles. The van der Waals surface area contributed by atoms with E-state index in [1.165, 1.54) is 0 Å². The lowest BCUT2D eigenvalue weighted by molar-refractivity contribution is 0.0933. The van der Waals surface area contributed by atoms with E-state index in [1.807, 2.05) is 0 Å². The van der Waals surface area contributed by atoms with Crippen molar-refractivity contribution in [2.45, 2.75) is 12.8 Å². The van der Waals surface area contributed by atoms with Crippen molar-refractivity contribution in [3.8, 4) is 5.75 Å². The van der Waals surface area contributed by atoms with Gasteiger partial charge in [0.25, 0.3) is 0 Å². The number of anilines is 1. The smallest absolute Gasteiger partial charge is 0.170 e. The lowest BCUT2D eigenvalue weighted by Gasteiger charge is -2.18. The fraction of sp³-hybridized carbons (Fsp3) is 0.417. The Balaban J connectivity index is 2.21. The van der Waals surface area contributed by atoms with Crippen LogP contribution >= 0.6 is 11.6 Å². The van der Waals surface area contributed by atoms with Gasteiger partial charge >= 0.3 is 0 Å². The molecule has 0 fully saturated rings. The van der Waals surface area contributed by atoms with Gasteiger partial charge in [-0.3, -0.25) is 4.79 Å². The van der Waals surface area contributed by atoms with Gasteiger partial charge in [-0.1, -0.05) is 11.6 Å². The second kappa shape index (κ2) is 5.38. The van der Waals surface area contributed by atoms with Gasteiger partial charge in [0.15, 0.2) is 5.78 Å². The van der Waals surface area contributed by atoms with Crippen molar-refractivity contribution < 1.29 is 14.6 Å². The van der Waals surface area contributed by atoms with Crippen molar-refractivity contribution in [2.24, 2.45) is 0 Å². The van der Waals surface area contributed by atoms with Crippen LogP contribution in [0.4, 0.5) is 5.69 Å². The zero-order valence-corrected chi connectivity index (χ0v) is 10.1. The highest BCUT2D eigenvalue weighted by molar-refractivity contribution is 6.33. The van der Waals surface area contributed by atoms with Crippen molar-refractivity contribution in [3.05, 3.63) is 22.7 Å². The summed E-state index contributed by atoms with van der Waals surface area (Å²) in [4.78, 5) is 11.6. The summed E-state index contributed by atoms with van der Waals surface area (Å²) in [5.41, 5.74) is 1.28. The van der Waals surface area contributed by atoms with E-state index in [0.717, 1.165) is 5.69 Å². The summed E-state index contributed by atoms with van der Waals surface area (Å²) in [5.74, 6) is 0.646. The Morgan fingerprint density at radius 2 is 2.29 bits per heavy atom. The lowest BCUT2D eigenvalue weighted by atomic mass is 10.0. The Bertz CT molecular complexity index is 434. The van der Waals surface area contributed by atoms with E-state index < -0.39 is 0 Å². The second-order valence-corrected chi connectivity index (χ2v) is 4.26. The Labute approximate surface area is 105 Å². The summed E-state index contributed by atoms with van der Waals surface area (Å²) >= 11 is 6.07. The maximum Gasteiger partial charge on any atom is 0.170 e. The fourth-order valence-corrected chi connectivity index (χ4v) is 1.95. The number of halogens is 1. The molecule has 4 nitrogen and oxygen atoms in total. The number of aliphatic hydroxyl groups excluding tert-OH is 1. The van der Waals surface area contributed by atoms with Gasteiger partial charge in [0.1, 0.15) is 5.75 Å². The van der Waals surface area contributed by atoms with Gasteiger partial charge in [-0.25, -0.2) is 0 Å². The molecule has 0 aliphatic carbocycles. The number of Topliss-reactive ketones (excluding diaryl/α,β-unsaturated/α-hetero) is 1. The Hall–Kier alpha value is -1.26. The first-order valence-electron chi connectivity index (χ1n) is 5.56. The molecule has 0 atom stereocenters. The summed E-state index contributed by atoms with van der Waals surface area (Å²) in [7, 11) is 0. The van der Waals surface area contributed by atoms with Crippen LogP contribution in [0.3, 0.4) is 0 Å². The van der Waals surface area contributed by atoms with Crippen molar-refractivity contribution in [3.63, 3.8) is 0 Å². The monoisotopic (exact) mass is 255 g/mol. The zero-order valence-electron chi connectivity index (χ0n) is 9.33. The Morgan fingerprint density at radius 1 is 1.47 bits per heavy atom. The minimum absolute atomic E-state index is 0.0649. The Morgan fingerprint density at radius 3 is 3.06 bits per heavy atom. The highest BCUT2D eigenvalue weighted by Gasteiger charge is 2.20. The molecule has 5 heteroatoms.